The third-order valence-electron chi connectivity index (χ3n) is 4.44. The molecule has 170 valence electrons. The van der Waals surface area contributed by atoms with Crippen LogP contribution in [0.5, 0.6) is 5.75 Å². The number of hydrogen-bond acceptors (Lipinski definition) is 6. The Morgan fingerprint density at radius 3 is 2.73 bits per heavy atom. The van der Waals surface area contributed by atoms with Crippen LogP contribution in [0.3, 0.4) is 0 Å². The SMILES string of the molecule is Cn1cc(NC(=O)c2ccc(COc3ccc(Cl)cc3Cl)o2)c(C(=O)NCc2ccco2)n1. The Kier molecular flexibility index (Phi) is 6.71. The van der Waals surface area contributed by atoms with Crippen molar-refractivity contribution in [2.24, 2.45) is 7.05 Å². The first-order valence-corrected chi connectivity index (χ1v) is 10.5. The number of rotatable bonds is 8. The first-order chi connectivity index (χ1) is 15.9. The number of furan rings is 2. The van der Waals surface area contributed by atoms with E-state index in [0.29, 0.717) is 27.3 Å². The van der Waals surface area contributed by atoms with Crippen LogP contribution in [-0.2, 0) is 20.2 Å². The fourth-order valence-corrected chi connectivity index (χ4v) is 3.38. The average Bonchev–Trinajstić information content (AvgIpc) is 3.53. The van der Waals surface area contributed by atoms with Crippen molar-refractivity contribution in [3.63, 3.8) is 0 Å². The monoisotopic (exact) mass is 488 g/mol. The number of ether oxygens (including phenoxy) is 1. The lowest BCUT2D eigenvalue weighted by atomic mass is 10.3. The fourth-order valence-electron chi connectivity index (χ4n) is 2.91. The molecule has 0 bridgehead atoms. The maximum atomic E-state index is 12.7. The van der Waals surface area contributed by atoms with Crippen LogP contribution in [0.1, 0.15) is 32.6 Å². The number of nitrogens with zero attached hydrogens (tertiary/aromatic N) is 2. The molecule has 3 heterocycles. The Morgan fingerprint density at radius 1 is 1.12 bits per heavy atom. The molecule has 4 aromatic rings. The van der Waals surface area contributed by atoms with Crippen LogP contribution in [0.15, 0.2) is 63.8 Å². The normalized spacial score (nSPS) is 10.8. The van der Waals surface area contributed by atoms with Crippen LogP contribution in [0.25, 0.3) is 0 Å². The molecule has 2 N–H and O–H groups in total. The molecule has 9 nitrogen and oxygen atoms in total. The van der Waals surface area contributed by atoms with Crippen LogP contribution < -0.4 is 15.4 Å². The van der Waals surface area contributed by atoms with E-state index in [2.05, 4.69) is 15.7 Å². The maximum absolute atomic E-state index is 12.7. The summed E-state index contributed by atoms with van der Waals surface area (Å²) in [5.41, 5.74) is 0.298. The van der Waals surface area contributed by atoms with Crippen LogP contribution in [0.4, 0.5) is 5.69 Å². The number of benzene rings is 1. The molecule has 0 unspecified atom stereocenters. The number of halogens is 2. The molecule has 0 saturated carbocycles. The highest BCUT2D eigenvalue weighted by molar-refractivity contribution is 6.35. The van der Waals surface area contributed by atoms with Gasteiger partial charge in [-0.2, -0.15) is 5.10 Å². The molecule has 2 amide bonds. The Hall–Kier alpha value is -3.69. The van der Waals surface area contributed by atoms with E-state index in [-0.39, 0.29) is 30.3 Å². The number of nitrogens with one attached hydrogen (secondary N) is 2. The predicted octanol–water partition coefficient (Wildman–Crippen LogP) is 4.67. The van der Waals surface area contributed by atoms with E-state index in [4.69, 9.17) is 36.8 Å². The first-order valence-electron chi connectivity index (χ1n) is 9.71. The van der Waals surface area contributed by atoms with Gasteiger partial charge in [0.25, 0.3) is 11.8 Å². The summed E-state index contributed by atoms with van der Waals surface area (Å²) in [6.07, 6.45) is 3.04. The molecule has 0 aliphatic carbocycles. The van der Waals surface area contributed by atoms with E-state index in [9.17, 15) is 9.59 Å². The quantitative estimate of drug-likeness (QED) is 0.372. The lowest BCUT2D eigenvalue weighted by Gasteiger charge is -2.06. The molecule has 11 heteroatoms. The van der Waals surface area contributed by atoms with Crippen LogP contribution in [0.2, 0.25) is 10.0 Å². The van der Waals surface area contributed by atoms with Crippen LogP contribution >= 0.6 is 23.2 Å². The molecular weight excluding hydrogens is 471 g/mol. The van der Waals surface area contributed by atoms with Gasteiger partial charge in [-0.1, -0.05) is 23.2 Å². The second-order valence-electron chi connectivity index (χ2n) is 6.91. The van der Waals surface area contributed by atoms with Crippen molar-refractivity contribution >= 4 is 40.7 Å². The topological polar surface area (TPSA) is 112 Å². The fraction of sp³-hybridized carbons (Fsp3) is 0.136. The summed E-state index contributed by atoms with van der Waals surface area (Å²) < 4.78 is 17.8. The minimum absolute atomic E-state index is 0.0431. The maximum Gasteiger partial charge on any atom is 0.291 e. The summed E-state index contributed by atoms with van der Waals surface area (Å²) in [7, 11) is 1.64. The Morgan fingerprint density at radius 2 is 1.97 bits per heavy atom. The summed E-state index contributed by atoms with van der Waals surface area (Å²) in [5, 5.41) is 10.3. The average molecular weight is 489 g/mol. The van der Waals surface area contributed by atoms with E-state index in [0.717, 1.165) is 0 Å². The molecule has 0 saturated heterocycles. The van der Waals surface area contributed by atoms with Gasteiger partial charge in [0.2, 0.25) is 0 Å². The number of aryl methyl sites for hydroxylation is 1. The second kappa shape index (κ2) is 9.85. The highest BCUT2D eigenvalue weighted by atomic mass is 35.5. The largest absolute Gasteiger partial charge is 0.484 e. The molecule has 4 rings (SSSR count). The number of hydrogen-bond donors (Lipinski definition) is 2. The molecule has 0 atom stereocenters. The van der Waals surface area contributed by atoms with Crippen molar-refractivity contribution in [2.75, 3.05) is 5.32 Å². The summed E-state index contributed by atoms with van der Waals surface area (Å²) in [4.78, 5) is 25.2. The van der Waals surface area contributed by atoms with Crippen molar-refractivity contribution in [1.82, 2.24) is 15.1 Å². The van der Waals surface area contributed by atoms with E-state index in [1.165, 1.54) is 23.2 Å². The number of carbonyl (C=O) groups is 2. The highest BCUT2D eigenvalue weighted by Gasteiger charge is 2.20. The molecule has 0 fully saturated rings. The van der Waals surface area contributed by atoms with Gasteiger partial charge < -0.3 is 24.2 Å². The van der Waals surface area contributed by atoms with Gasteiger partial charge in [0, 0.05) is 18.3 Å². The van der Waals surface area contributed by atoms with E-state index in [1.54, 1.807) is 43.4 Å². The molecule has 1 aromatic carbocycles. The smallest absolute Gasteiger partial charge is 0.291 e. The Bertz CT molecular complexity index is 1280. The zero-order valence-electron chi connectivity index (χ0n) is 17.3. The highest BCUT2D eigenvalue weighted by Crippen LogP contribution is 2.28. The molecule has 0 spiro atoms. The minimum Gasteiger partial charge on any atom is -0.484 e. The van der Waals surface area contributed by atoms with Gasteiger partial charge in [-0.25, -0.2) is 0 Å². The lowest BCUT2D eigenvalue weighted by molar-refractivity contribution is 0.0943. The molecule has 0 aliphatic rings. The lowest BCUT2D eigenvalue weighted by Crippen LogP contribution is -2.25. The Labute approximate surface area is 198 Å². The Balaban J connectivity index is 1.38. The number of carbonyl (C=O) groups excluding carboxylic acids is 2. The van der Waals surface area contributed by atoms with Gasteiger partial charge in [-0.15, -0.1) is 0 Å². The second-order valence-corrected chi connectivity index (χ2v) is 7.75. The minimum atomic E-state index is -0.543. The summed E-state index contributed by atoms with van der Waals surface area (Å²) in [6.45, 7) is 0.247. The molecular formula is C22H18Cl2N4O5. The van der Waals surface area contributed by atoms with Gasteiger partial charge in [0.1, 0.15) is 23.9 Å². The summed E-state index contributed by atoms with van der Waals surface area (Å²) in [5.74, 6) is 0.476. The zero-order chi connectivity index (χ0) is 23.4. The van der Waals surface area contributed by atoms with Gasteiger partial charge in [0.05, 0.1) is 23.5 Å². The summed E-state index contributed by atoms with van der Waals surface area (Å²) >= 11 is 12.0. The van der Waals surface area contributed by atoms with Gasteiger partial charge in [-0.3, -0.25) is 14.3 Å². The standard InChI is InChI=1S/C22H18Cl2N4O5/c1-28-11-17(20(27-28)22(30)25-10-14-3-2-8-31-14)26-21(29)19-7-5-15(33-19)12-32-18-6-4-13(23)9-16(18)24/h2-9,11H,10,12H2,1H3,(H,25,30)(H,26,29). The van der Waals surface area contributed by atoms with Gasteiger partial charge >= 0.3 is 0 Å². The van der Waals surface area contributed by atoms with Crippen molar-refractivity contribution in [2.45, 2.75) is 13.2 Å². The van der Waals surface area contributed by atoms with Gasteiger partial charge in [-0.05, 0) is 42.5 Å². The third kappa shape index (κ3) is 5.57. The van der Waals surface area contributed by atoms with Crippen LogP contribution in [0, 0.1) is 0 Å². The van der Waals surface area contributed by atoms with Crippen molar-refractivity contribution in [1.29, 1.82) is 0 Å². The number of amides is 2. The zero-order valence-corrected chi connectivity index (χ0v) is 18.8. The third-order valence-corrected chi connectivity index (χ3v) is 4.98. The van der Waals surface area contributed by atoms with Crippen molar-refractivity contribution in [3.8, 4) is 5.75 Å². The summed E-state index contributed by atoms with van der Waals surface area (Å²) in [6, 6.07) is 11.4. The number of aromatic nitrogens is 2. The number of anilines is 1. The molecule has 0 aliphatic heterocycles. The van der Waals surface area contributed by atoms with E-state index < -0.39 is 11.8 Å². The van der Waals surface area contributed by atoms with Crippen molar-refractivity contribution < 1.29 is 23.2 Å². The predicted molar refractivity (Wildman–Crippen MR) is 121 cm³/mol. The van der Waals surface area contributed by atoms with E-state index in [1.807, 2.05) is 0 Å². The van der Waals surface area contributed by atoms with E-state index >= 15 is 0 Å². The molecule has 33 heavy (non-hydrogen) atoms. The van der Waals surface area contributed by atoms with Crippen LogP contribution in [-0.4, -0.2) is 21.6 Å². The first kappa shape index (κ1) is 22.5. The van der Waals surface area contributed by atoms with Crippen molar-refractivity contribution in [3.05, 3.63) is 87.9 Å². The molecule has 3 aromatic heterocycles. The van der Waals surface area contributed by atoms with Gasteiger partial charge in [0.15, 0.2) is 11.5 Å². The molecule has 0 radical (unpaired) electrons.